The summed E-state index contributed by atoms with van der Waals surface area (Å²) in [6.45, 7) is 1.77. The lowest BCUT2D eigenvalue weighted by atomic mass is 10.1. The fourth-order valence-electron chi connectivity index (χ4n) is 2.13. The maximum absolute atomic E-state index is 11.5. The summed E-state index contributed by atoms with van der Waals surface area (Å²) >= 11 is 0. The highest BCUT2D eigenvalue weighted by Crippen LogP contribution is 2.36. The Balaban J connectivity index is 2.45. The van der Waals surface area contributed by atoms with Gasteiger partial charge in [0.15, 0.2) is 5.75 Å². The molecule has 0 saturated carbocycles. The Labute approximate surface area is 99.8 Å². The molecule has 5 nitrogen and oxygen atoms in total. The molecule has 1 aliphatic rings. The third-order valence-corrected chi connectivity index (χ3v) is 3.03. The number of ether oxygens (including phenoxy) is 1. The first-order valence-corrected chi connectivity index (χ1v) is 5.60. The molecule has 1 aromatic carbocycles. The Kier molecular flexibility index (Phi) is 3.08. The monoisotopic (exact) mass is 236 g/mol. The summed E-state index contributed by atoms with van der Waals surface area (Å²) in [7, 11) is 1.27. The SMILES string of the molecule is COC(=O)c1c(N)ccc(N2CCCC2)c1O. The number of nitrogens with zero attached hydrogens (tertiary/aromatic N) is 1. The molecule has 0 atom stereocenters. The minimum absolute atomic E-state index is 0.0527. The molecule has 0 unspecified atom stereocenters. The number of phenols is 1. The number of nitrogens with two attached hydrogens (primary N) is 1. The van der Waals surface area contributed by atoms with Crippen molar-refractivity contribution in [2.75, 3.05) is 30.8 Å². The van der Waals surface area contributed by atoms with Crippen molar-refractivity contribution < 1.29 is 14.6 Å². The largest absolute Gasteiger partial charge is 0.505 e. The van der Waals surface area contributed by atoms with Crippen LogP contribution in [0.3, 0.4) is 0 Å². The highest BCUT2D eigenvalue weighted by molar-refractivity contribution is 6.00. The molecule has 1 aromatic rings. The fourth-order valence-corrected chi connectivity index (χ4v) is 2.13. The van der Waals surface area contributed by atoms with E-state index < -0.39 is 5.97 Å². The first kappa shape index (κ1) is 11.6. The third kappa shape index (κ3) is 2.00. The van der Waals surface area contributed by atoms with E-state index in [0.717, 1.165) is 25.9 Å². The van der Waals surface area contributed by atoms with Gasteiger partial charge in [-0.15, -0.1) is 0 Å². The van der Waals surface area contributed by atoms with Gasteiger partial charge in [-0.2, -0.15) is 0 Å². The normalized spacial score (nSPS) is 15.0. The molecule has 5 heteroatoms. The summed E-state index contributed by atoms with van der Waals surface area (Å²) in [6.07, 6.45) is 2.19. The van der Waals surface area contributed by atoms with Crippen LogP contribution in [0.15, 0.2) is 12.1 Å². The summed E-state index contributed by atoms with van der Waals surface area (Å²) in [6, 6.07) is 3.36. The van der Waals surface area contributed by atoms with Crippen LogP contribution in [0.4, 0.5) is 11.4 Å². The highest BCUT2D eigenvalue weighted by atomic mass is 16.5. The number of carbonyl (C=O) groups excluding carboxylic acids is 1. The van der Waals surface area contributed by atoms with Crippen LogP contribution in [0, 0.1) is 0 Å². The topological polar surface area (TPSA) is 75.8 Å². The van der Waals surface area contributed by atoms with Gasteiger partial charge < -0.3 is 20.5 Å². The van der Waals surface area contributed by atoms with E-state index in [1.54, 1.807) is 12.1 Å². The van der Waals surface area contributed by atoms with Crippen LogP contribution >= 0.6 is 0 Å². The Morgan fingerprint density at radius 2 is 2.06 bits per heavy atom. The number of nitrogen functional groups attached to an aromatic ring is 1. The lowest BCUT2D eigenvalue weighted by Gasteiger charge is -2.20. The van der Waals surface area contributed by atoms with Crippen LogP contribution in [0.5, 0.6) is 5.75 Å². The Hall–Kier alpha value is -1.91. The molecule has 0 bridgehead atoms. The number of hydrogen-bond acceptors (Lipinski definition) is 5. The lowest BCUT2D eigenvalue weighted by molar-refractivity contribution is 0.0599. The van der Waals surface area contributed by atoms with Crippen LogP contribution in [0.1, 0.15) is 23.2 Å². The zero-order valence-electron chi connectivity index (χ0n) is 9.77. The van der Waals surface area contributed by atoms with E-state index in [1.165, 1.54) is 7.11 Å². The van der Waals surface area contributed by atoms with Crippen LogP contribution in [0.2, 0.25) is 0 Å². The number of rotatable bonds is 2. The maximum Gasteiger partial charge on any atom is 0.343 e. The molecule has 1 saturated heterocycles. The molecule has 0 aliphatic carbocycles. The van der Waals surface area contributed by atoms with Gasteiger partial charge in [0.25, 0.3) is 0 Å². The first-order valence-electron chi connectivity index (χ1n) is 5.60. The van der Waals surface area contributed by atoms with Gasteiger partial charge in [0, 0.05) is 13.1 Å². The number of aromatic hydroxyl groups is 1. The molecule has 1 heterocycles. The fraction of sp³-hybridized carbons (Fsp3) is 0.417. The summed E-state index contributed by atoms with van der Waals surface area (Å²) < 4.78 is 4.62. The van der Waals surface area contributed by atoms with E-state index in [9.17, 15) is 9.90 Å². The summed E-state index contributed by atoms with van der Waals surface area (Å²) in [5, 5.41) is 10.1. The molecule has 0 aromatic heterocycles. The van der Waals surface area contributed by atoms with Crippen molar-refractivity contribution in [1.29, 1.82) is 0 Å². The molecular weight excluding hydrogens is 220 g/mol. The van der Waals surface area contributed by atoms with E-state index in [4.69, 9.17) is 5.73 Å². The second-order valence-corrected chi connectivity index (χ2v) is 4.08. The summed E-state index contributed by atoms with van der Waals surface area (Å²) in [5.41, 5.74) is 6.62. The number of anilines is 2. The Morgan fingerprint density at radius 1 is 1.41 bits per heavy atom. The second-order valence-electron chi connectivity index (χ2n) is 4.08. The quantitative estimate of drug-likeness (QED) is 0.599. The van der Waals surface area contributed by atoms with Gasteiger partial charge >= 0.3 is 5.97 Å². The molecule has 1 fully saturated rings. The van der Waals surface area contributed by atoms with Crippen LogP contribution in [-0.4, -0.2) is 31.3 Å². The van der Waals surface area contributed by atoms with Gasteiger partial charge in [-0.3, -0.25) is 0 Å². The Bertz CT molecular complexity index is 440. The van der Waals surface area contributed by atoms with Crippen molar-refractivity contribution in [3.05, 3.63) is 17.7 Å². The van der Waals surface area contributed by atoms with Gasteiger partial charge in [0.05, 0.1) is 18.5 Å². The van der Waals surface area contributed by atoms with Crippen molar-refractivity contribution in [2.24, 2.45) is 0 Å². The number of hydrogen-bond donors (Lipinski definition) is 2. The molecule has 3 N–H and O–H groups in total. The molecule has 1 aliphatic heterocycles. The van der Waals surface area contributed by atoms with E-state index >= 15 is 0 Å². The number of benzene rings is 1. The summed E-state index contributed by atoms with van der Waals surface area (Å²) in [4.78, 5) is 13.6. The smallest absolute Gasteiger partial charge is 0.343 e. The van der Waals surface area contributed by atoms with Gasteiger partial charge in [-0.05, 0) is 25.0 Å². The summed E-state index contributed by atoms with van der Waals surface area (Å²) in [5.74, 6) is -0.695. The van der Waals surface area contributed by atoms with Crippen molar-refractivity contribution in [1.82, 2.24) is 0 Å². The van der Waals surface area contributed by atoms with Crippen molar-refractivity contribution >= 4 is 17.3 Å². The minimum Gasteiger partial charge on any atom is -0.505 e. The standard InChI is InChI=1S/C12H16N2O3/c1-17-12(16)10-8(13)4-5-9(11(10)15)14-6-2-3-7-14/h4-5,15H,2-3,6-7,13H2,1H3. The van der Waals surface area contributed by atoms with Gasteiger partial charge in [0.2, 0.25) is 0 Å². The zero-order chi connectivity index (χ0) is 12.4. The number of esters is 1. The lowest BCUT2D eigenvalue weighted by Crippen LogP contribution is -2.19. The number of methoxy groups -OCH3 is 1. The molecule has 0 spiro atoms. The van der Waals surface area contributed by atoms with Crippen LogP contribution in [0.25, 0.3) is 0 Å². The average Bonchev–Trinajstić information content (AvgIpc) is 2.82. The predicted octanol–water partition coefficient (Wildman–Crippen LogP) is 1.36. The van der Waals surface area contributed by atoms with Gasteiger partial charge in [-0.25, -0.2) is 4.79 Å². The maximum atomic E-state index is 11.5. The van der Waals surface area contributed by atoms with Gasteiger partial charge in [-0.1, -0.05) is 0 Å². The van der Waals surface area contributed by atoms with Gasteiger partial charge in [0.1, 0.15) is 5.56 Å². The van der Waals surface area contributed by atoms with Crippen LogP contribution in [-0.2, 0) is 4.74 Å². The third-order valence-electron chi connectivity index (χ3n) is 3.03. The molecule has 92 valence electrons. The number of phenolic OH excluding ortho intramolecular Hbond substituents is 1. The second kappa shape index (κ2) is 4.53. The molecule has 17 heavy (non-hydrogen) atoms. The van der Waals surface area contributed by atoms with Crippen molar-refractivity contribution in [3.63, 3.8) is 0 Å². The van der Waals surface area contributed by atoms with Crippen LogP contribution < -0.4 is 10.6 Å². The van der Waals surface area contributed by atoms with E-state index in [0.29, 0.717) is 5.69 Å². The van der Waals surface area contributed by atoms with E-state index in [2.05, 4.69) is 4.74 Å². The molecule has 2 rings (SSSR count). The first-order chi connectivity index (χ1) is 8.15. The molecule has 0 amide bonds. The molecule has 0 radical (unpaired) electrons. The van der Waals surface area contributed by atoms with Crippen molar-refractivity contribution in [2.45, 2.75) is 12.8 Å². The predicted molar refractivity (Wildman–Crippen MR) is 65.3 cm³/mol. The van der Waals surface area contributed by atoms with Crippen molar-refractivity contribution in [3.8, 4) is 5.75 Å². The molecular formula is C12H16N2O3. The highest BCUT2D eigenvalue weighted by Gasteiger charge is 2.23. The van der Waals surface area contributed by atoms with E-state index in [1.807, 2.05) is 4.90 Å². The minimum atomic E-state index is -0.610. The average molecular weight is 236 g/mol. The zero-order valence-corrected chi connectivity index (χ0v) is 9.77. The Morgan fingerprint density at radius 3 is 2.65 bits per heavy atom. The van der Waals surface area contributed by atoms with E-state index in [-0.39, 0.29) is 17.0 Å². The number of carbonyl (C=O) groups is 1.